The summed E-state index contributed by atoms with van der Waals surface area (Å²) in [5.41, 5.74) is 6.10. The molecular formula is C11H23NOS. The lowest BCUT2D eigenvalue weighted by Crippen LogP contribution is -2.39. The van der Waals surface area contributed by atoms with E-state index in [2.05, 4.69) is 13.8 Å². The average Bonchev–Trinajstić information content (AvgIpc) is 2.21. The van der Waals surface area contributed by atoms with E-state index in [1.807, 2.05) is 11.8 Å². The number of aliphatic hydroxyl groups excluding tert-OH is 1. The van der Waals surface area contributed by atoms with Crippen LogP contribution >= 0.6 is 11.8 Å². The first-order chi connectivity index (χ1) is 6.67. The van der Waals surface area contributed by atoms with Gasteiger partial charge in [0.2, 0.25) is 0 Å². The van der Waals surface area contributed by atoms with Crippen LogP contribution in [-0.4, -0.2) is 28.3 Å². The third-order valence-electron chi connectivity index (χ3n) is 3.19. The standard InChI is InChI=1S/C11H23NOS/c1-3-9-4-5-10(12)11(6-9)14-8(2)7-13/h8-11,13H,3-7,12H2,1-2H3. The Morgan fingerprint density at radius 1 is 1.50 bits per heavy atom. The van der Waals surface area contributed by atoms with Crippen LogP contribution in [0.2, 0.25) is 0 Å². The lowest BCUT2D eigenvalue weighted by atomic mass is 9.84. The molecule has 1 fully saturated rings. The second kappa shape index (κ2) is 5.99. The van der Waals surface area contributed by atoms with Crippen LogP contribution in [0.25, 0.3) is 0 Å². The Morgan fingerprint density at radius 2 is 2.21 bits per heavy atom. The van der Waals surface area contributed by atoms with Gasteiger partial charge >= 0.3 is 0 Å². The van der Waals surface area contributed by atoms with Crippen molar-refractivity contribution >= 4 is 11.8 Å². The molecule has 0 heterocycles. The first kappa shape index (κ1) is 12.3. The van der Waals surface area contributed by atoms with Crippen LogP contribution in [0.5, 0.6) is 0 Å². The minimum atomic E-state index is 0.269. The summed E-state index contributed by atoms with van der Waals surface area (Å²) in [6.07, 6.45) is 4.97. The Labute approximate surface area is 91.6 Å². The van der Waals surface area contributed by atoms with Gasteiger partial charge in [0.05, 0.1) is 6.61 Å². The van der Waals surface area contributed by atoms with Gasteiger partial charge in [0.25, 0.3) is 0 Å². The molecule has 4 atom stereocenters. The van der Waals surface area contributed by atoms with Gasteiger partial charge in [-0.3, -0.25) is 0 Å². The Hall–Kier alpha value is 0.270. The van der Waals surface area contributed by atoms with Crippen molar-refractivity contribution in [2.24, 2.45) is 11.7 Å². The first-order valence-corrected chi connectivity index (χ1v) is 6.63. The van der Waals surface area contributed by atoms with Crippen molar-refractivity contribution < 1.29 is 5.11 Å². The van der Waals surface area contributed by atoms with Gasteiger partial charge in [-0.25, -0.2) is 0 Å². The van der Waals surface area contributed by atoms with Crippen LogP contribution in [-0.2, 0) is 0 Å². The summed E-state index contributed by atoms with van der Waals surface area (Å²) in [4.78, 5) is 0. The molecule has 0 aliphatic heterocycles. The fraction of sp³-hybridized carbons (Fsp3) is 1.00. The number of nitrogens with two attached hydrogens (primary N) is 1. The highest BCUT2D eigenvalue weighted by Gasteiger charge is 2.28. The van der Waals surface area contributed by atoms with E-state index in [1.54, 1.807) is 0 Å². The molecule has 3 N–H and O–H groups in total. The van der Waals surface area contributed by atoms with Crippen LogP contribution in [0.1, 0.15) is 39.5 Å². The molecule has 0 amide bonds. The van der Waals surface area contributed by atoms with E-state index in [0.29, 0.717) is 16.5 Å². The largest absolute Gasteiger partial charge is 0.395 e. The van der Waals surface area contributed by atoms with Gasteiger partial charge in [0.1, 0.15) is 0 Å². The number of hydrogen-bond acceptors (Lipinski definition) is 3. The molecule has 0 radical (unpaired) electrons. The van der Waals surface area contributed by atoms with Crippen molar-refractivity contribution in [1.29, 1.82) is 0 Å². The van der Waals surface area contributed by atoms with Gasteiger partial charge in [-0.2, -0.15) is 11.8 Å². The van der Waals surface area contributed by atoms with Crippen molar-refractivity contribution in [2.75, 3.05) is 6.61 Å². The molecule has 0 aromatic carbocycles. The predicted molar refractivity (Wildman–Crippen MR) is 63.5 cm³/mol. The number of rotatable bonds is 4. The highest BCUT2D eigenvalue weighted by molar-refractivity contribution is 8.00. The summed E-state index contributed by atoms with van der Waals surface area (Å²) < 4.78 is 0. The van der Waals surface area contributed by atoms with E-state index in [0.717, 1.165) is 12.3 Å². The number of aliphatic hydroxyl groups is 1. The maximum Gasteiger partial charge on any atom is 0.0547 e. The molecule has 14 heavy (non-hydrogen) atoms. The lowest BCUT2D eigenvalue weighted by Gasteiger charge is -2.34. The van der Waals surface area contributed by atoms with Gasteiger partial charge in [-0.05, 0) is 25.2 Å². The van der Waals surface area contributed by atoms with Crippen LogP contribution in [0.15, 0.2) is 0 Å². The number of thioether (sulfide) groups is 1. The second-order valence-electron chi connectivity index (χ2n) is 4.42. The summed E-state index contributed by atoms with van der Waals surface area (Å²) in [5, 5.41) is 9.91. The highest BCUT2D eigenvalue weighted by atomic mass is 32.2. The van der Waals surface area contributed by atoms with Gasteiger partial charge in [0, 0.05) is 16.5 Å². The van der Waals surface area contributed by atoms with Gasteiger partial charge in [-0.1, -0.05) is 20.3 Å². The minimum Gasteiger partial charge on any atom is -0.395 e. The van der Waals surface area contributed by atoms with Crippen LogP contribution in [0.4, 0.5) is 0 Å². The summed E-state index contributed by atoms with van der Waals surface area (Å²) >= 11 is 1.87. The molecule has 0 aromatic heterocycles. The quantitative estimate of drug-likeness (QED) is 0.757. The van der Waals surface area contributed by atoms with Crippen LogP contribution < -0.4 is 5.73 Å². The molecule has 2 nitrogen and oxygen atoms in total. The Balaban J connectivity index is 2.40. The Kier molecular flexibility index (Phi) is 5.28. The summed E-state index contributed by atoms with van der Waals surface area (Å²) in [6, 6.07) is 0.344. The predicted octanol–water partition coefficient (Wildman–Crippen LogP) is 2.01. The normalized spacial score (nSPS) is 35.6. The lowest BCUT2D eigenvalue weighted by molar-refractivity contribution is 0.296. The van der Waals surface area contributed by atoms with Crippen LogP contribution in [0.3, 0.4) is 0 Å². The van der Waals surface area contributed by atoms with Gasteiger partial charge in [-0.15, -0.1) is 0 Å². The topological polar surface area (TPSA) is 46.2 Å². The highest BCUT2D eigenvalue weighted by Crippen LogP contribution is 2.34. The molecule has 1 aliphatic rings. The summed E-state index contributed by atoms with van der Waals surface area (Å²) in [7, 11) is 0. The average molecular weight is 217 g/mol. The van der Waals surface area contributed by atoms with E-state index in [1.165, 1.54) is 19.3 Å². The van der Waals surface area contributed by atoms with Gasteiger partial charge < -0.3 is 10.8 Å². The first-order valence-electron chi connectivity index (χ1n) is 5.69. The van der Waals surface area contributed by atoms with Crippen molar-refractivity contribution in [3.05, 3.63) is 0 Å². The molecule has 84 valence electrons. The third kappa shape index (κ3) is 3.44. The fourth-order valence-corrected chi connectivity index (χ4v) is 3.51. The molecule has 1 aliphatic carbocycles. The van der Waals surface area contributed by atoms with E-state index < -0.39 is 0 Å². The fourth-order valence-electron chi connectivity index (χ4n) is 2.10. The minimum absolute atomic E-state index is 0.269. The molecule has 4 unspecified atom stereocenters. The van der Waals surface area contributed by atoms with Crippen molar-refractivity contribution in [3.8, 4) is 0 Å². The maximum atomic E-state index is 9.01. The van der Waals surface area contributed by atoms with E-state index >= 15 is 0 Å². The van der Waals surface area contributed by atoms with E-state index in [4.69, 9.17) is 10.8 Å². The monoisotopic (exact) mass is 217 g/mol. The Morgan fingerprint density at radius 3 is 2.79 bits per heavy atom. The molecule has 0 spiro atoms. The summed E-state index contributed by atoms with van der Waals surface area (Å²) in [6.45, 7) is 4.61. The molecular weight excluding hydrogens is 194 g/mol. The van der Waals surface area contributed by atoms with Crippen LogP contribution in [0, 0.1) is 5.92 Å². The molecule has 1 saturated carbocycles. The van der Waals surface area contributed by atoms with Crippen molar-refractivity contribution in [1.82, 2.24) is 0 Å². The SMILES string of the molecule is CCC1CCC(N)C(SC(C)CO)C1. The Bertz CT molecular complexity index is 163. The molecule has 0 aromatic rings. The molecule has 0 saturated heterocycles. The zero-order chi connectivity index (χ0) is 10.6. The molecule has 1 rings (SSSR count). The zero-order valence-corrected chi connectivity index (χ0v) is 10.1. The zero-order valence-electron chi connectivity index (χ0n) is 9.28. The summed E-state index contributed by atoms with van der Waals surface area (Å²) in [5.74, 6) is 0.859. The smallest absolute Gasteiger partial charge is 0.0547 e. The third-order valence-corrected chi connectivity index (χ3v) is 4.70. The van der Waals surface area contributed by atoms with Crippen molar-refractivity contribution in [2.45, 2.75) is 56.1 Å². The van der Waals surface area contributed by atoms with Gasteiger partial charge in [0.15, 0.2) is 0 Å². The number of hydrogen-bond donors (Lipinski definition) is 2. The second-order valence-corrected chi connectivity index (χ2v) is 6.10. The molecule has 0 bridgehead atoms. The molecule has 3 heteroatoms. The van der Waals surface area contributed by atoms with Crippen molar-refractivity contribution in [3.63, 3.8) is 0 Å². The maximum absolute atomic E-state index is 9.01. The van der Waals surface area contributed by atoms with E-state index in [9.17, 15) is 0 Å². The van der Waals surface area contributed by atoms with E-state index in [-0.39, 0.29) is 6.61 Å².